The summed E-state index contributed by atoms with van der Waals surface area (Å²) in [5.74, 6) is 1.11. The fraction of sp³-hybridized carbons (Fsp3) is 0.444. The Hall–Kier alpha value is -2.10. The van der Waals surface area contributed by atoms with Gasteiger partial charge in [0.15, 0.2) is 0 Å². The molecule has 116 valence electrons. The highest BCUT2D eigenvalue weighted by molar-refractivity contribution is 5.96. The lowest BCUT2D eigenvalue weighted by molar-refractivity contribution is 0.0788. The molecule has 1 aromatic heterocycles. The number of hydrogen-bond donors (Lipinski definition) is 0. The van der Waals surface area contributed by atoms with Crippen LogP contribution < -0.4 is 0 Å². The highest BCUT2D eigenvalue weighted by Crippen LogP contribution is 2.31. The van der Waals surface area contributed by atoms with Gasteiger partial charge < -0.3 is 9.42 Å². The van der Waals surface area contributed by atoms with Gasteiger partial charge in [-0.3, -0.25) is 4.79 Å². The Morgan fingerprint density at radius 1 is 1.36 bits per heavy atom. The third-order valence-electron chi connectivity index (χ3n) is 4.59. The van der Waals surface area contributed by atoms with E-state index in [2.05, 4.69) is 36.3 Å². The minimum atomic E-state index is 0.0617. The van der Waals surface area contributed by atoms with E-state index < -0.39 is 0 Å². The van der Waals surface area contributed by atoms with Gasteiger partial charge in [0.05, 0.1) is 5.69 Å². The maximum atomic E-state index is 12.8. The van der Waals surface area contributed by atoms with Crippen molar-refractivity contribution in [2.75, 3.05) is 13.1 Å². The molecule has 0 N–H and O–H groups in total. The topological polar surface area (TPSA) is 46.3 Å². The van der Waals surface area contributed by atoms with Crippen LogP contribution in [0, 0.1) is 13.8 Å². The molecule has 2 heterocycles. The predicted molar refractivity (Wildman–Crippen MR) is 85.1 cm³/mol. The zero-order valence-corrected chi connectivity index (χ0v) is 13.4. The summed E-state index contributed by atoms with van der Waals surface area (Å²) in [6.45, 7) is 7.52. The Bertz CT molecular complexity index is 690. The van der Waals surface area contributed by atoms with Crippen LogP contribution in [-0.2, 0) is 6.42 Å². The van der Waals surface area contributed by atoms with E-state index in [9.17, 15) is 4.79 Å². The number of aromatic nitrogens is 1. The molecule has 1 amide bonds. The van der Waals surface area contributed by atoms with E-state index in [0.29, 0.717) is 23.7 Å². The van der Waals surface area contributed by atoms with Crippen LogP contribution in [0.25, 0.3) is 0 Å². The van der Waals surface area contributed by atoms with Crippen molar-refractivity contribution in [2.45, 2.75) is 39.5 Å². The SMILES string of the molecule is CCc1noc(C)c1C(=O)N1CC[C@@H](c2ccccc2C)C1. The van der Waals surface area contributed by atoms with Crippen LogP contribution in [-0.4, -0.2) is 29.1 Å². The molecule has 1 saturated heterocycles. The molecule has 4 heteroatoms. The van der Waals surface area contributed by atoms with Crippen molar-refractivity contribution < 1.29 is 9.32 Å². The zero-order valence-electron chi connectivity index (χ0n) is 13.4. The summed E-state index contributed by atoms with van der Waals surface area (Å²) < 4.78 is 5.20. The van der Waals surface area contributed by atoms with Crippen LogP contribution >= 0.6 is 0 Å². The van der Waals surface area contributed by atoms with Gasteiger partial charge in [-0.1, -0.05) is 36.3 Å². The van der Waals surface area contributed by atoms with Crippen molar-refractivity contribution in [3.8, 4) is 0 Å². The fourth-order valence-corrected chi connectivity index (χ4v) is 3.33. The maximum Gasteiger partial charge on any atom is 0.259 e. The van der Waals surface area contributed by atoms with E-state index >= 15 is 0 Å². The van der Waals surface area contributed by atoms with Gasteiger partial charge in [0, 0.05) is 19.0 Å². The standard InChI is InChI=1S/C18H22N2O2/c1-4-16-17(13(3)22-19-16)18(21)20-10-9-14(11-20)15-8-6-5-7-12(15)2/h5-8,14H,4,9-11H2,1-3H3/t14-/m1/s1. The summed E-state index contributed by atoms with van der Waals surface area (Å²) >= 11 is 0. The quantitative estimate of drug-likeness (QED) is 0.871. The normalized spacial score (nSPS) is 18.0. The third kappa shape index (κ3) is 2.54. The number of rotatable bonds is 3. The van der Waals surface area contributed by atoms with E-state index in [4.69, 9.17) is 4.52 Å². The molecule has 0 saturated carbocycles. The van der Waals surface area contributed by atoms with Crippen LogP contribution in [0.15, 0.2) is 28.8 Å². The number of aryl methyl sites for hydroxylation is 3. The Morgan fingerprint density at radius 3 is 2.86 bits per heavy atom. The van der Waals surface area contributed by atoms with E-state index in [1.165, 1.54) is 11.1 Å². The molecule has 4 nitrogen and oxygen atoms in total. The van der Waals surface area contributed by atoms with Gasteiger partial charge in [-0.05, 0) is 37.8 Å². The van der Waals surface area contributed by atoms with Gasteiger partial charge in [-0.15, -0.1) is 0 Å². The minimum absolute atomic E-state index is 0.0617. The summed E-state index contributed by atoms with van der Waals surface area (Å²) in [7, 11) is 0. The van der Waals surface area contributed by atoms with Crippen molar-refractivity contribution in [2.24, 2.45) is 0 Å². The summed E-state index contributed by atoms with van der Waals surface area (Å²) in [6.07, 6.45) is 1.73. The van der Waals surface area contributed by atoms with Crippen LogP contribution in [0.4, 0.5) is 0 Å². The molecule has 0 radical (unpaired) electrons. The first-order valence-corrected chi connectivity index (χ1v) is 7.91. The van der Waals surface area contributed by atoms with Crippen LogP contribution in [0.1, 0.15) is 52.2 Å². The molecule has 2 aromatic rings. The molecule has 3 rings (SSSR count). The first-order chi connectivity index (χ1) is 10.6. The average Bonchev–Trinajstić information content (AvgIpc) is 3.14. The molecular formula is C18H22N2O2. The highest BCUT2D eigenvalue weighted by Gasteiger charge is 2.31. The Balaban J connectivity index is 1.79. The molecule has 0 spiro atoms. The van der Waals surface area contributed by atoms with Crippen molar-refractivity contribution in [1.29, 1.82) is 0 Å². The predicted octanol–water partition coefficient (Wildman–Crippen LogP) is 3.48. The second-order valence-electron chi connectivity index (χ2n) is 6.01. The number of carbonyl (C=O) groups is 1. The summed E-state index contributed by atoms with van der Waals surface area (Å²) in [6, 6.07) is 8.45. The minimum Gasteiger partial charge on any atom is -0.361 e. The average molecular weight is 298 g/mol. The third-order valence-corrected chi connectivity index (χ3v) is 4.59. The largest absolute Gasteiger partial charge is 0.361 e. The summed E-state index contributed by atoms with van der Waals surface area (Å²) in [5.41, 5.74) is 4.09. The fourth-order valence-electron chi connectivity index (χ4n) is 3.33. The molecule has 1 atom stereocenters. The number of hydrogen-bond acceptors (Lipinski definition) is 3. The Kier molecular flexibility index (Phi) is 4.01. The van der Waals surface area contributed by atoms with Crippen LogP contribution in [0.5, 0.6) is 0 Å². The van der Waals surface area contributed by atoms with E-state index in [0.717, 1.165) is 25.2 Å². The second kappa shape index (κ2) is 5.95. The molecule has 1 aliphatic heterocycles. The van der Waals surface area contributed by atoms with Crippen LogP contribution in [0.2, 0.25) is 0 Å². The van der Waals surface area contributed by atoms with E-state index in [-0.39, 0.29) is 5.91 Å². The first-order valence-electron chi connectivity index (χ1n) is 7.91. The first kappa shape index (κ1) is 14.8. The van der Waals surface area contributed by atoms with Crippen molar-refractivity contribution in [1.82, 2.24) is 10.1 Å². The number of benzene rings is 1. The summed E-state index contributed by atoms with van der Waals surface area (Å²) in [4.78, 5) is 14.7. The lowest BCUT2D eigenvalue weighted by Crippen LogP contribution is -2.29. The van der Waals surface area contributed by atoms with Crippen LogP contribution in [0.3, 0.4) is 0 Å². The summed E-state index contributed by atoms with van der Waals surface area (Å²) in [5, 5.41) is 4.00. The number of nitrogens with zero attached hydrogens (tertiary/aromatic N) is 2. The number of likely N-dealkylation sites (tertiary alicyclic amines) is 1. The molecule has 1 aromatic carbocycles. The zero-order chi connectivity index (χ0) is 15.7. The van der Waals surface area contributed by atoms with Gasteiger partial charge in [-0.2, -0.15) is 0 Å². The highest BCUT2D eigenvalue weighted by atomic mass is 16.5. The molecule has 0 aliphatic carbocycles. The lowest BCUT2D eigenvalue weighted by atomic mass is 9.94. The Morgan fingerprint density at radius 2 is 2.14 bits per heavy atom. The Labute approximate surface area is 131 Å². The lowest BCUT2D eigenvalue weighted by Gasteiger charge is -2.17. The number of carbonyl (C=O) groups excluding carboxylic acids is 1. The van der Waals surface area contributed by atoms with Gasteiger partial charge in [-0.25, -0.2) is 0 Å². The van der Waals surface area contributed by atoms with Crippen molar-refractivity contribution in [3.05, 3.63) is 52.4 Å². The molecule has 0 bridgehead atoms. The smallest absolute Gasteiger partial charge is 0.259 e. The second-order valence-corrected chi connectivity index (χ2v) is 6.01. The molecule has 1 aliphatic rings. The van der Waals surface area contributed by atoms with Crippen molar-refractivity contribution >= 4 is 5.91 Å². The van der Waals surface area contributed by atoms with E-state index in [1.807, 2.05) is 18.7 Å². The number of amides is 1. The molecule has 22 heavy (non-hydrogen) atoms. The van der Waals surface area contributed by atoms with Crippen molar-refractivity contribution in [3.63, 3.8) is 0 Å². The molecule has 0 unspecified atom stereocenters. The van der Waals surface area contributed by atoms with Gasteiger partial charge in [0.1, 0.15) is 11.3 Å². The molecular weight excluding hydrogens is 276 g/mol. The maximum absolute atomic E-state index is 12.8. The van der Waals surface area contributed by atoms with E-state index in [1.54, 1.807) is 0 Å². The molecule has 1 fully saturated rings. The van der Waals surface area contributed by atoms with Gasteiger partial charge in [0.2, 0.25) is 0 Å². The monoisotopic (exact) mass is 298 g/mol. The van der Waals surface area contributed by atoms with Gasteiger partial charge in [0.25, 0.3) is 5.91 Å². The van der Waals surface area contributed by atoms with Gasteiger partial charge >= 0.3 is 0 Å².